The van der Waals surface area contributed by atoms with Gasteiger partial charge in [0.05, 0.1) is 29.9 Å². The number of hydrogen-bond donors (Lipinski definition) is 2. The van der Waals surface area contributed by atoms with E-state index in [0.29, 0.717) is 12.4 Å². The first-order chi connectivity index (χ1) is 14.1. The van der Waals surface area contributed by atoms with E-state index in [2.05, 4.69) is 15.6 Å². The van der Waals surface area contributed by atoms with Crippen LogP contribution in [0.3, 0.4) is 0 Å². The second-order valence-electron chi connectivity index (χ2n) is 6.57. The Morgan fingerprint density at radius 2 is 2.03 bits per heavy atom. The summed E-state index contributed by atoms with van der Waals surface area (Å²) < 4.78 is 6.99. The number of para-hydroxylation sites is 2. The quantitative estimate of drug-likeness (QED) is 0.490. The van der Waals surface area contributed by atoms with E-state index in [9.17, 15) is 9.59 Å². The topological polar surface area (TPSA) is 89.2 Å². The van der Waals surface area contributed by atoms with E-state index in [4.69, 9.17) is 4.42 Å². The molecule has 1 unspecified atom stereocenters. The molecular weight excluding hydrogens is 388 g/mol. The van der Waals surface area contributed by atoms with Gasteiger partial charge in [-0.15, -0.1) is 11.3 Å². The minimum absolute atomic E-state index is 0.113. The number of benzene rings is 1. The predicted molar refractivity (Wildman–Crippen MR) is 110 cm³/mol. The van der Waals surface area contributed by atoms with Crippen LogP contribution in [-0.4, -0.2) is 21.4 Å². The molecule has 0 aliphatic rings. The Balaban J connectivity index is 1.55. The van der Waals surface area contributed by atoms with Crippen LogP contribution in [0.1, 0.15) is 34.2 Å². The molecule has 0 fully saturated rings. The second-order valence-corrected chi connectivity index (χ2v) is 7.61. The molecule has 1 atom stereocenters. The summed E-state index contributed by atoms with van der Waals surface area (Å²) in [6, 6.07) is 14.4. The fraction of sp³-hybridized carbons (Fsp3) is 0.190. The minimum atomic E-state index is -0.412. The van der Waals surface area contributed by atoms with Crippen LogP contribution in [-0.2, 0) is 17.9 Å². The second kappa shape index (κ2) is 8.32. The van der Waals surface area contributed by atoms with Crippen LogP contribution >= 0.6 is 11.3 Å². The molecule has 0 saturated heterocycles. The molecule has 29 heavy (non-hydrogen) atoms. The van der Waals surface area contributed by atoms with Crippen molar-refractivity contribution < 1.29 is 14.0 Å². The highest BCUT2D eigenvalue weighted by molar-refractivity contribution is 7.09. The molecule has 2 N–H and O–H groups in total. The Morgan fingerprint density at radius 1 is 1.17 bits per heavy atom. The summed E-state index contributed by atoms with van der Waals surface area (Å²) in [6.45, 7) is 2.44. The molecule has 0 radical (unpaired) electrons. The predicted octanol–water partition coefficient (Wildman–Crippen LogP) is 3.50. The van der Waals surface area contributed by atoms with Gasteiger partial charge in [-0.3, -0.25) is 9.59 Å². The summed E-state index contributed by atoms with van der Waals surface area (Å²) >= 11 is 1.60. The molecule has 4 rings (SSSR count). The van der Waals surface area contributed by atoms with E-state index < -0.39 is 6.04 Å². The molecule has 7 nitrogen and oxygen atoms in total. The van der Waals surface area contributed by atoms with Gasteiger partial charge in [0, 0.05) is 4.88 Å². The molecule has 148 valence electrons. The molecule has 1 aromatic carbocycles. The molecule has 3 aromatic heterocycles. The summed E-state index contributed by atoms with van der Waals surface area (Å²) in [6.07, 6.45) is 1.45. The fourth-order valence-corrected chi connectivity index (χ4v) is 3.77. The standard InChI is InChI=1S/C21H20N4O3S/c1-14(23-21(27)18-9-4-10-28-18)20-24-16-7-2-3-8-17(16)25(20)13-19(26)22-12-15-6-5-11-29-15/h2-11,14H,12-13H2,1H3,(H,22,26)(H,23,27). The number of nitrogens with zero attached hydrogens (tertiary/aromatic N) is 2. The van der Waals surface area contributed by atoms with Crippen molar-refractivity contribution in [1.29, 1.82) is 0 Å². The Bertz CT molecular complexity index is 1120. The lowest BCUT2D eigenvalue weighted by atomic mass is 10.3. The molecular formula is C21H20N4O3S. The van der Waals surface area contributed by atoms with Crippen LogP contribution in [0.25, 0.3) is 11.0 Å². The van der Waals surface area contributed by atoms with Crippen molar-refractivity contribution in [2.75, 3.05) is 0 Å². The maximum atomic E-state index is 12.6. The lowest BCUT2D eigenvalue weighted by Gasteiger charge is -2.15. The number of fused-ring (bicyclic) bond motifs is 1. The van der Waals surface area contributed by atoms with Crippen molar-refractivity contribution in [2.24, 2.45) is 0 Å². The smallest absolute Gasteiger partial charge is 0.287 e. The number of amides is 2. The lowest BCUT2D eigenvalue weighted by molar-refractivity contribution is -0.121. The fourth-order valence-electron chi connectivity index (χ4n) is 3.13. The average Bonchev–Trinajstić information content (AvgIpc) is 3.47. The third-order valence-corrected chi connectivity index (χ3v) is 5.38. The van der Waals surface area contributed by atoms with E-state index in [0.717, 1.165) is 15.9 Å². The molecule has 0 spiro atoms. The molecule has 0 saturated carbocycles. The van der Waals surface area contributed by atoms with Crippen molar-refractivity contribution in [1.82, 2.24) is 20.2 Å². The molecule has 4 aromatic rings. The largest absolute Gasteiger partial charge is 0.459 e. The van der Waals surface area contributed by atoms with E-state index >= 15 is 0 Å². The number of hydrogen-bond acceptors (Lipinski definition) is 5. The van der Waals surface area contributed by atoms with Gasteiger partial charge in [-0.1, -0.05) is 18.2 Å². The van der Waals surface area contributed by atoms with Crippen molar-refractivity contribution in [3.05, 3.63) is 76.6 Å². The monoisotopic (exact) mass is 408 g/mol. The van der Waals surface area contributed by atoms with E-state index in [-0.39, 0.29) is 24.1 Å². The van der Waals surface area contributed by atoms with Gasteiger partial charge in [-0.25, -0.2) is 4.98 Å². The summed E-state index contributed by atoms with van der Waals surface area (Å²) in [5.74, 6) is 0.390. The van der Waals surface area contributed by atoms with Gasteiger partial charge in [-0.2, -0.15) is 0 Å². The summed E-state index contributed by atoms with van der Waals surface area (Å²) in [5.41, 5.74) is 1.61. The Morgan fingerprint density at radius 3 is 2.79 bits per heavy atom. The number of thiophene rings is 1. The molecule has 8 heteroatoms. The van der Waals surface area contributed by atoms with Gasteiger partial charge < -0.3 is 19.6 Å². The highest BCUT2D eigenvalue weighted by atomic mass is 32.1. The Kier molecular flexibility index (Phi) is 5.44. The van der Waals surface area contributed by atoms with Crippen molar-refractivity contribution in [2.45, 2.75) is 26.1 Å². The summed E-state index contributed by atoms with van der Waals surface area (Å²) in [4.78, 5) is 30.7. The number of furan rings is 1. The summed E-state index contributed by atoms with van der Waals surface area (Å²) in [5, 5.41) is 7.80. The van der Waals surface area contributed by atoms with Crippen molar-refractivity contribution >= 4 is 34.2 Å². The zero-order valence-electron chi connectivity index (χ0n) is 15.8. The van der Waals surface area contributed by atoms with Crippen LogP contribution in [0.15, 0.2) is 64.6 Å². The first-order valence-electron chi connectivity index (χ1n) is 9.20. The van der Waals surface area contributed by atoms with Gasteiger partial charge in [-0.05, 0) is 42.6 Å². The summed E-state index contributed by atoms with van der Waals surface area (Å²) in [7, 11) is 0. The van der Waals surface area contributed by atoms with Crippen molar-refractivity contribution in [3.63, 3.8) is 0 Å². The Hall–Kier alpha value is -3.39. The van der Waals surface area contributed by atoms with E-state index in [1.54, 1.807) is 23.5 Å². The van der Waals surface area contributed by atoms with Gasteiger partial charge in [0.1, 0.15) is 12.4 Å². The molecule has 2 amide bonds. The number of aromatic nitrogens is 2. The van der Waals surface area contributed by atoms with Gasteiger partial charge in [0.25, 0.3) is 5.91 Å². The lowest BCUT2D eigenvalue weighted by Crippen LogP contribution is -2.31. The van der Waals surface area contributed by atoms with Gasteiger partial charge >= 0.3 is 0 Å². The SMILES string of the molecule is CC(NC(=O)c1ccco1)c1nc2ccccc2n1CC(=O)NCc1cccs1. The highest BCUT2D eigenvalue weighted by Gasteiger charge is 2.21. The van der Waals surface area contributed by atoms with Crippen molar-refractivity contribution in [3.8, 4) is 0 Å². The first kappa shape index (κ1) is 18.9. The Labute approximate surface area is 171 Å². The minimum Gasteiger partial charge on any atom is -0.459 e. The third kappa shape index (κ3) is 4.22. The molecule has 0 bridgehead atoms. The highest BCUT2D eigenvalue weighted by Crippen LogP contribution is 2.21. The normalized spacial score (nSPS) is 12.0. The number of rotatable bonds is 7. The van der Waals surface area contributed by atoms with Crippen LogP contribution in [0.4, 0.5) is 0 Å². The number of carbonyl (C=O) groups excluding carboxylic acids is 2. The number of carbonyl (C=O) groups is 2. The zero-order valence-corrected chi connectivity index (χ0v) is 16.6. The zero-order chi connectivity index (χ0) is 20.2. The van der Waals surface area contributed by atoms with Gasteiger partial charge in [0.2, 0.25) is 5.91 Å². The van der Waals surface area contributed by atoms with E-state index in [1.807, 2.05) is 53.3 Å². The van der Waals surface area contributed by atoms with E-state index in [1.165, 1.54) is 6.26 Å². The third-order valence-electron chi connectivity index (χ3n) is 4.51. The molecule has 0 aliphatic heterocycles. The maximum absolute atomic E-state index is 12.6. The average molecular weight is 408 g/mol. The first-order valence-corrected chi connectivity index (χ1v) is 10.1. The maximum Gasteiger partial charge on any atom is 0.287 e. The van der Waals surface area contributed by atoms with Crippen LogP contribution in [0.5, 0.6) is 0 Å². The van der Waals surface area contributed by atoms with Crippen LogP contribution in [0, 0.1) is 0 Å². The van der Waals surface area contributed by atoms with Crippen LogP contribution < -0.4 is 10.6 Å². The molecule has 3 heterocycles. The van der Waals surface area contributed by atoms with Gasteiger partial charge in [0.15, 0.2) is 5.76 Å². The number of nitrogens with one attached hydrogen (secondary N) is 2. The van der Waals surface area contributed by atoms with Crippen LogP contribution in [0.2, 0.25) is 0 Å². The molecule has 0 aliphatic carbocycles. The number of imidazole rings is 1.